The molecule has 0 N–H and O–H groups in total. The van der Waals surface area contributed by atoms with E-state index in [4.69, 9.17) is 0 Å². The van der Waals surface area contributed by atoms with Crippen LogP contribution in [0.5, 0.6) is 0 Å². The third-order valence-corrected chi connectivity index (χ3v) is 4.14. The first kappa shape index (κ1) is 8.46. The molecule has 0 saturated heterocycles. The van der Waals surface area contributed by atoms with Crippen LogP contribution in [0.2, 0.25) is 0 Å². The van der Waals surface area contributed by atoms with E-state index in [1.54, 1.807) is 4.44 Å². The summed E-state index contributed by atoms with van der Waals surface area (Å²) in [5, 5.41) is 4.22. The van der Waals surface area contributed by atoms with Crippen LogP contribution < -0.4 is 0 Å². The second-order valence-electron chi connectivity index (χ2n) is 4.34. The predicted molar refractivity (Wildman–Crippen MR) is 49.4 cm³/mol. The van der Waals surface area contributed by atoms with E-state index in [1.165, 1.54) is 31.4 Å². The van der Waals surface area contributed by atoms with Crippen molar-refractivity contribution in [1.29, 1.82) is 0 Å². The van der Waals surface area contributed by atoms with Crippen molar-refractivity contribution >= 4 is 14.7 Å². The second-order valence-corrected chi connectivity index (χ2v) is 6.10. The van der Waals surface area contributed by atoms with E-state index >= 15 is 0 Å². The maximum atomic E-state index is 4.22. The minimum atomic E-state index is 0.344. The fourth-order valence-corrected chi connectivity index (χ4v) is 3.78. The van der Waals surface area contributed by atoms with Gasteiger partial charge in [0.05, 0.1) is 0 Å². The quantitative estimate of drug-likeness (QED) is 0.497. The summed E-state index contributed by atoms with van der Waals surface area (Å²) in [4.78, 5) is 0. The first-order valence-corrected chi connectivity index (χ1v) is 6.10. The molecule has 0 bridgehead atoms. The van der Waals surface area contributed by atoms with Gasteiger partial charge in [-0.1, -0.05) is 0 Å². The van der Waals surface area contributed by atoms with Gasteiger partial charge in [-0.05, 0) is 0 Å². The Balaban J connectivity index is 2.30. The van der Waals surface area contributed by atoms with Crippen molar-refractivity contribution in [2.24, 2.45) is 5.41 Å². The van der Waals surface area contributed by atoms with Crippen molar-refractivity contribution in [3.63, 3.8) is 0 Å². The molecule has 1 aliphatic rings. The molecule has 0 spiro atoms. The summed E-state index contributed by atoms with van der Waals surface area (Å²) < 4.78 is 5.71. The van der Waals surface area contributed by atoms with Gasteiger partial charge in [-0.2, -0.15) is 0 Å². The average Bonchev–Trinajstić information content (AvgIpc) is 2.31. The van der Waals surface area contributed by atoms with Crippen molar-refractivity contribution in [1.82, 2.24) is 9.19 Å². The Kier molecular flexibility index (Phi) is 2.09. The molecular weight excluding hydrogens is 215 g/mol. The van der Waals surface area contributed by atoms with Gasteiger partial charge in [0.15, 0.2) is 0 Å². The Morgan fingerprint density at radius 1 is 1.42 bits per heavy atom. The molecule has 12 heavy (non-hydrogen) atoms. The zero-order valence-corrected chi connectivity index (χ0v) is 9.34. The first-order valence-electron chi connectivity index (χ1n) is 4.47. The Labute approximate surface area is 79.4 Å². The van der Waals surface area contributed by atoms with E-state index in [2.05, 4.69) is 23.0 Å². The van der Waals surface area contributed by atoms with Gasteiger partial charge < -0.3 is 0 Å². The topological polar surface area (TPSA) is 25.8 Å². The van der Waals surface area contributed by atoms with E-state index in [1.807, 2.05) is 0 Å². The van der Waals surface area contributed by atoms with Crippen LogP contribution in [0, 0.1) is 5.41 Å². The summed E-state index contributed by atoms with van der Waals surface area (Å²) in [6.07, 6.45) is 5.03. The third-order valence-electron chi connectivity index (χ3n) is 2.54. The van der Waals surface area contributed by atoms with Crippen molar-refractivity contribution < 1.29 is 0 Å². The number of aromatic nitrogens is 2. The zero-order chi connectivity index (χ0) is 8.60. The monoisotopic (exact) mass is 230 g/mol. The van der Waals surface area contributed by atoms with Crippen LogP contribution in [0.15, 0.2) is 0 Å². The summed E-state index contributed by atoms with van der Waals surface area (Å²) in [5.41, 5.74) is 1.81. The van der Waals surface area contributed by atoms with Crippen LogP contribution >= 0.6 is 0 Å². The molecule has 0 radical (unpaired) electrons. The molecule has 0 amide bonds. The number of aryl methyl sites for hydroxylation is 1. The van der Waals surface area contributed by atoms with Crippen molar-refractivity contribution in [3.05, 3.63) is 10.1 Å². The summed E-state index contributed by atoms with van der Waals surface area (Å²) in [5.74, 6) is 0. The van der Waals surface area contributed by atoms with Gasteiger partial charge in [0.2, 0.25) is 0 Å². The molecular formula is C9H14N2Se. The van der Waals surface area contributed by atoms with Gasteiger partial charge in [0.25, 0.3) is 0 Å². The number of hydrogen-bond acceptors (Lipinski definition) is 2. The van der Waals surface area contributed by atoms with E-state index in [0.717, 1.165) is 0 Å². The van der Waals surface area contributed by atoms with Gasteiger partial charge in [-0.25, -0.2) is 0 Å². The fraction of sp³-hybridized carbons (Fsp3) is 0.778. The van der Waals surface area contributed by atoms with Crippen LogP contribution in [0.4, 0.5) is 0 Å². The van der Waals surface area contributed by atoms with Gasteiger partial charge in [-0.3, -0.25) is 0 Å². The number of rotatable bonds is 0. The first-order chi connectivity index (χ1) is 5.67. The molecule has 1 aromatic rings. The Hall–Kier alpha value is -0.141. The molecule has 0 unspecified atom stereocenters. The molecule has 0 aliphatic heterocycles. The van der Waals surface area contributed by atoms with Crippen LogP contribution in [0.3, 0.4) is 0 Å². The van der Waals surface area contributed by atoms with Crippen LogP contribution in [0.25, 0.3) is 0 Å². The molecule has 1 aliphatic carbocycles. The zero-order valence-electron chi connectivity index (χ0n) is 7.63. The Bertz CT molecular complexity index is 278. The number of fused-ring (bicyclic) bond motifs is 1. The molecule has 0 saturated carbocycles. The normalized spacial score (nSPS) is 21.5. The molecule has 0 fully saturated rings. The van der Waals surface area contributed by atoms with E-state index in [0.29, 0.717) is 20.1 Å². The molecule has 66 valence electrons. The summed E-state index contributed by atoms with van der Waals surface area (Å²) in [6, 6.07) is 0. The SMILES string of the molecule is CC1(C)CCCc2nn[se]c2C1. The molecule has 2 rings (SSSR count). The maximum absolute atomic E-state index is 4.22. The van der Waals surface area contributed by atoms with E-state index < -0.39 is 0 Å². The fourth-order valence-electron chi connectivity index (χ4n) is 1.81. The Morgan fingerprint density at radius 2 is 2.25 bits per heavy atom. The van der Waals surface area contributed by atoms with Crippen LogP contribution in [-0.2, 0) is 12.8 Å². The minimum absolute atomic E-state index is 0.344. The summed E-state index contributed by atoms with van der Waals surface area (Å²) in [7, 11) is 0. The van der Waals surface area contributed by atoms with Gasteiger partial charge in [0, 0.05) is 0 Å². The molecule has 0 aromatic carbocycles. The predicted octanol–water partition coefficient (Wildman–Crippen LogP) is 1.44. The van der Waals surface area contributed by atoms with Gasteiger partial charge >= 0.3 is 79.0 Å². The average molecular weight is 229 g/mol. The molecule has 0 atom stereocenters. The summed E-state index contributed by atoms with van der Waals surface area (Å²) >= 11 is 0.344. The molecule has 3 heteroatoms. The molecule has 2 nitrogen and oxygen atoms in total. The number of nitrogens with zero attached hydrogens (tertiary/aromatic N) is 2. The Morgan fingerprint density at radius 3 is 3.08 bits per heavy atom. The summed E-state index contributed by atoms with van der Waals surface area (Å²) in [6.45, 7) is 4.72. The van der Waals surface area contributed by atoms with Gasteiger partial charge in [0.1, 0.15) is 0 Å². The van der Waals surface area contributed by atoms with E-state index in [9.17, 15) is 0 Å². The van der Waals surface area contributed by atoms with Crippen molar-refractivity contribution in [2.75, 3.05) is 0 Å². The molecule has 1 heterocycles. The van der Waals surface area contributed by atoms with Crippen molar-refractivity contribution in [3.8, 4) is 0 Å². The third kappa shape index (κ3) is 1.62. The van der Waals surface area contributed by atoms with Crippen LogP contribution in [-0.4, -0.2) is 23.9 Å². The van der Waals surface area contributed by atoms with E-state index in [-0.39, 0.29) is 0 Å². The second kappa shape index (κ2) is 2.97. The van der Waals surface area contributed by atoms with Gasteiger partial charge in [-0.15, -0.1) is 0 Å². The van der Waals surface area contributed by atoms with Crippen LogP contribution in [0.1, 0.15) is 36.8 Å². The van der Waals surface area contributed by atoms with Crippen molar-refractivity contribution in [2.45, 2.75) is 39.5 Å². The standard InChI is InChI=1S/C9H14N2Se/c1-9(2)5-3-4-7-8(6-9)12-11-10-7/h3-6H2,1-2H3. The molecule has 1 aromatic heterocycles. The number of hydrogen-bond donors (Lipinski definition) is 0.